The molecule has 1 amide bonds. The summed E-state index contributed by atoms with van der Waals surface area (Å²) in [5.74, 6) is 2.52. The SMILES string of the molecule is C#CCCC(=O)NC1(C)CCNC1. The predicted octanol–water partition coefficient (Wildman–Crippen LogP) is 0.268. The van der Waals surface area contributed by atoms with Crippen LogP contribution in [0.5, 0.6) is 0 Å². The van der Waals surface area contributed by atoms with Crippen molar-refractivity contribution in [2.75, 3.05) is 13.1 Å². The molecule has 0 aromatic rings. The van der Waals surface area contributed by atoms with Gasteiger partial charge in [-0.05, 0) is 19.9 Å². The first-order valence-corrected chi connectivity index (χ1v) is 4.61. The van der Waals surface area contributed by atoms with Crippen LogP contribution in [0.3, 0.4) is 0 Å². The molecule has 3 nitrogen and oxygen atoms in total. The molecule has 1 heterocycles. The molecule has 0 spiro atoms. The van der Waals surface area contributed by atoms with Crippen LogP contribution in [0.25, 0.3) is 0 Å². The van der Waals surface area contributed by atoms with Gasteiger partial charge in [0.05, 0.1) is 5.54 Å². The summed E-state index contributed by atoms with van der Waals surface area (Å²) in [4.78, 5) is 11.3. The molecule has 1 aliphatic rings. The second-order valence-electron chi connectivity index (χ2n) is 3.74. The fourth-order valence-corrected chi connectivity index (χ4v) is 1.51. The zero-order valence-electron chi connectivity index (χ0n) is 8.02. The van der Waals surface area contributed by atoms with Crippen molar-refractivity contribution in [3.63, 3.8) is 0 Å². The van der Waals surface area contributed by atoms with Crippen LogP contribution in [-0.4, -0.2) is 24.5 Å². The van der Waals surface area contributed by atoms with Gasteiger partial charge in [0, 0.05) is 19.4 Å². The monoisotopic (exact) mass is 180 g/mol. The van der Waals surface area contributed by atoms with Crippen LogP contribution in [-0.2, 0) is 4.79 Å². The normalized spacial score (nSPS) is 26.8. The molecule has 1 rings (SSSR count). The first kappa shape index (κ1) is 10.1. The fourth-order valence-electron chi connectivity index (χ4n) is 1.51. The molecule has 0 aliphatic carbocycles. The van der Waals surface area contributed by atoms with Crippen LogP contribution in [0.15, 0.2) is 0 Å². The van der Waals surface area contributed by atoms with Gasteiger partial charge in [0.2, 0.25) is 5.91 Å². The number of carbonyl (C=O) groups excluding carboxylic acids is 1. The lowest BCUT2D eigenvalue weighted by Gasteiger charge is -2.24. The smallest absolute Gasteiger partial charge is 0.221 e. The molecule has 0 aromatic heterocycles. The summed E-state index contributed by atoms with van der Waals surface area (Å²) >= 11 is 0. The molecule has 0 radical (unpaired) electrons. The van der Waals surface area contributed by atoms with Crippen molar-refractivity contribution >= 4 is 5.91 Å². The van der Waals surface area contributed by atoms with E-state index in [1.165, 1.54) is 0 Å². The molecule has 1 aliphatic heterocycles. The maximum Gasteiger partial charge on any atom is 0.221 e. The second-order valence-corrected chi connectivity index (χ2v) is 3.74. The van der Waals surface area contributed by atoms with E-state index >= 15 is 0 Å². The number of hydrogen-bond acceptors (Lipinski definition) is 2. The van der Waals surface area contributed by atoms with Gasteiger partial charge in [0.15, 0.2) is 0 Å². The Morgan fingerprint density at radius 2 is 2.54 bits per heavy atom. The highest BCUT2D eigenvalue weighted by atomic mass is 16.1. The van der Waals surface area contributed by atoms with Gasteiger partial charge in [-0.3, -0.25) is 4.79 Å². The molecule has 1 atom stereocenters. The van der Waals surface area contributed by atoms with E-state index in [0.717, 1.165) is 19.5 Å². The molecule has 13 heavy (non-hydrogen) atoms. The third kappa shape index (κ3) is 3.08. The molecule has 72 valence electrons. The van der Waals surface area contributed by atoms with Crippen LogP contribution < -0.4 is 10.6 Å². The van der Waals surface area contributed by atoms with E-state index in [9.17, 15) is 4.79 Å². The topological polar surface area (TPSA) is 41.1 Å². The van der Waals surface area contributed by atoms with Gasteiger partial charge in [0.25, 0.3) is 0 Å². The summed E-state index contributed by atoms with van der Waals surface area (Å²) in [7, 11) is 0. The predicted molar refractivity (Wildman–Crippen MR) is 52.1 cm³/mol. The lowest BCUT2D eigenvalue weighted by molar-refractivity contribution is -0.122. The van der Waals surface area contributed by atoms with Crippen LogP contribution in [0.2, 0.25) is 0 Å². The Morgan fingerprint density at radius 1 is 1.77 bits per heavy atom. The molecule has 1 fully saturated rings. The van der Waals surface area contributed by atoms with Crippen LogP contribution in [0, 0.1) is 12.3 Å². The van der Waals surface area contributed by atoms with E-state index in [-0.39, 0.29) is 11.4 Å². The number of carbonyl (C=O) groups is 1. The first-order chi connectivity index (χ1) is 6.16. The highest BCUT2D eigenvalue weighted by Crippen LogP contribution is 2.13. The lowest BCUT2D eigenvalue weighted by atomic mass is 10.0. The molecule has 0 bridgehead atoms. The molecule has 0 aromatic carbocycles. The Bertz CT molecular complexity index is 224. The van der Waals surface area contributed by atoms with Crippen molar-refractivity contribution in [3.8, 4) is 12.3 Å². The van der Waals surface area contributed by atoms with E-state index in [4.69, 9.17) is 6.42 Å². The molecule has 2 N–H and O–H groups in total. The van der Waals surface area contributed by atoms with Crippen LogP contribution in [0.1, 0.15) is 26.2 Å². The quantitative estimate of drug-likeness (QED) is 0.612. The zero-order chi connectivity index (χ0) is 9.73. The molecule has 1 saturated heterocycles. The number of terminal acetylenes is 1. The second kappa shape index (κ2) is 4.29. The fraction of sp³-hybridized carbons (Fsp3) is 0.700. The van der Waals surface area contributed by atoms with Crippen molar-refractivity contribution in [3.05, 3.63) is 0 Å². The molecular weight excluding hydrogens is 164 g/mol. The van der Waals surface area contributed by atoms with Crippen LogP contribution >= 0.6 is 0 Å². The number of hydrogen-bond donors (Lipinski definition) is 2. The number of amides is 1. The van der Waals surface area contributed by atoms with Crippen molar-refractivity contribution < 1.29 is 4.79 Å². The van der Waals surface area contributed by atoms with Crippen molar-refractivity contribution in [2.24, 2.45) is 0 Å². The summed E-state index contributed by atoms with van der Waals surface area (Å²) in [6.45, 7) is 3.89. The highest BCUT2D eigenvalue weighted by Gasteiger charge is 2.29. The van der Waals surface area contributed by atoms with Gasteiger partial charge < -0.3 is 10.6 Å². The highest BCUT2D eigenvalue weighted by molar-refractivity contribution is 5.77. The molecule has 0 saturated carbocycles. The van der Waals surface area contributed by atoms with Gasteiger partial charge in [-0.2, -0.15) is 0 Å². The summed E-state index contributed by atoms with van der Waals surface area (Å²) in [6.07, 6.45) is 7.03. The summed E-state index contributed by atoms with van der Waals surface area (Å²) < 4.78 is 0. The van der Waals surface area contributed by atoms with E-state index < -0.39 is 0 Å². The maximum absolute atomic E-state index is 11.3. The van der Waals surface area contributed by atoms with Gasteiger partial charge in [-0.15, -0.1) is 12.3 Å². The van der Waals surface area contributed by atoms with E-state index in [2.05, 4.69) is 23.5 Å². The standard InChI is InChI=1S/C10H16N2O/c1-3-4-5-9(13)12-10(2)6-7-11-8-10/h1,11H,4-8H2,2H3,(H,12,13). The minimum atomic E-state index is -0.0638. The number of rotatable bonds is 3. The summed E-state index contributed by atoms with van der Waals surface area (Å²) in [5.41, 5.74) is -0.0638. The van der Waals surface area contributed by atoms with Crippen molar-refractivity contribution in [1.29, 1.82) is 0 Å². The Hall–Kier alpha value is -1.01. The zero-order valence-corrected chi connectivity index (χ0v) is 8.02. The summed E-state index contributed by atoms with van der Waals surface area (Å²) in [5, 5.41) is 6.21. The Balaban J connectivity index is 2.31. The Morgan fingerprint density at radius 3 is 3.08 bits per heavy atom. The average Bonchev–Trinajstić information content (AvgIpc) is 2.48. The Labute approximate surface area is 79.3 Å². The van der Waals surface area contributed by atoms with Gasteiger partial charge in [-0.1, -0.05) is 0 Å². The summed E-state index contributed by atoms with van der Waals surface area (Å²) in [6, 6.07) is 0. The molecular formula is C10H16N2O. The third-order valence-corrected chi connectivity index (χ3v) is 2.31. The van der Waals surface area contributed by atoms with Crippen LogP contribution in [0.4, 0.5) is 0 Å². The molecule has 1 unspecified atom stereocenters. The van der Waals surface area contributed by atoms with Gasteiger partial charge in [-0.25, -0.2) is 0 Å². The van der Waals surface area contributed by atoms with Gasteiger partial charge >= 0.3 is 0 Å². The minimum Gasteiger partial charge on any atom is -0.350 e. The van der Waals surface area contributed by atoms with E-state index in [1.54, 1.807) is 0 Å². The third-order valence-electron chi connectivity index (χ3n) is 2.31. The first-order valence-electron chi connectivity index (χ1n) is 4.61. The molecule has 3 heteroatoms. The largest absolute Gasteiger partial charge is 0.350 e. The van der Waals surface area contributed by atoms with E-state index in [1.807, 2.05) is 0 Å². The average molecular weight is 180 g/mol. The van der Waals surface area contributed by atoms with Crippen molar-refractivity contribution in [1.82, 2.24) is 10.6 Å². The maximum atomic E-state index is 11.3. The van der Waals surface area contributed by atoms with Crippen molar-refractivity contribution in [2.45, 2.75) is 31.7 Å². The van der Waals surface area contributed by atoms with Gasteiger partial charge in [0.1, 0.15) is 0 Å². The number of nitrogens with one attached hydrogen (secondary N) is 2. The Kier molecular flexibility index (Phi) is 3.32. The minimum absolute atomic E-state index is 0.0594. The lowest BCUT2D eigenvalue weighted by Crippen LogP contribution is -2.47. The van der Waals surface area contributed by atoms with E-state index in [0.29, 0.717) is 12.8 Å².